The zero-order valence-corrected chi connectivity index (χ0v) is 12.8. The van der Waals surface area contributed by atoms with Crippen LogP contribution in [-0.2, 0) is 23.1 Å². The summed E-state index contributed by atoms with van der Waals surface area (Å²) in [5, 5.41) is 3.37. The average Bonchev–Trinajstić information content (AvgIpc) is 3.07. The van der Waals surface area contributed by atoms with E-state index in [0.29, 0.717) is 25.8 Å². The van der Waals surface area contributed by atoms with Crippen LogP contribution in [0.5, 0.6) is 0 Å². The molecule has 1 N–H and O–H groups in total. The lowest BCUT2D eigenvalue weighted by molar-refractivity contribution is -0.137. The first kappa shape index (κ1) is 14.5. The molecule has 6 nitrogen and oxygen atoms in total. The molecule has 1 saturated heterocycles. The molecule has 2 fully saturated rings. The highest BCUT2D eigenvalue weighted by molar-refractivity contribution is 5.80. The fourth-order valence-electron chi connectivity index (χ4n) is 2.95. The van der Waals surface area contributed by atoms with Gasteiger partial charge in [-0.25, -0.2) is 4.98 Å². The Labute approximate surface area is 125 Å². The van der Waals surface area contributed by atoms with Gasteiger partial charge in [-0.2, -0.15) is 0 Å². The number of hydrogen-bond donors (Lipinski definition) is 1. The van der Waals surface area contributed by atoms with Crippen molar-refractivity contribution in [2.24, 2.45) is 13.0 Å². The van der Waals surface area contributed by atoms with E-state index in [1.807, 2.05) is 22.7 Å². The van der Waals surface area contributed by atoms with Crippen LogP contribution in [-0.4, -0.2) is 52.2 Å². The Bertz CT molecular complexity index is 498. The van der Waals surface area contributed by atoms with Gasteiger partial charge in [-0.1, -0.05) is 6.92 Å². The lowest BCUT2D eigenvalue weighted by Crippen LogP contribution is -2.46. The Balaban J connectivity index is 1.71. The lowest BCUT2D eigenvalue weighted by Gasteiger charge is -2.27. The molecule has 6 heteroatoms. The van der Waals surface area contributed by atoms with E-state index in [1.54, 1.807) is 6.20 Å². The molecule has 2 unspecified atom stereocenters. The Kier molecular flexibility index (Phi) is 4.26. The minimum atomic E-state index is -0.0641. The number of aryl methyl sites for hydroxylation is 1. The van der Waals surface area contributed by atoms with Gasteiger partial charge < -0.3 is 19.5 Å². The fourth-order valence-corrected chi connectivity index (χ4v) is 2.95. The van der Waals surface area contributed by atoms with E-state index in [2.05, 4.69) is 17.2 Å². The number of nitrogens with one attached hydrogen (secondary N) is 1. The van der Waals surface area contributed by atoms with Crippen LogP contribution in [0.1, 0.15) is 25.6 Å². The predicted molar refractivity (Wildman–Crippen MR) is 78.6 cm³/mol. The molecule has 21 heavy (non-hydrogen) atoms. The molecule has 0 bridgehead atoms. The Morgan fingerprint density at radius 1 is 1.52 bits per heavy atom. The highest BCUT2D eigenvalue weighted by Crippen LogP contribution is 2.31. The maximum atomic E-state index is 12.9. The van der Waals surface area contributed by atoms with Crippen molar-refractivity contribution in [2.45, 2.75) is 38.4 Å². The van der Waals surface area contributed by atoms with Gasteiger partial charge in [0.05, 0.1) is 25.7 Å². The quantitative estimate of drug-likeness (QED) is 0.831. The largest absolute Gasteiger partial charge is 0.379 e. The van der Waals surface area contributed by atoms with Crippen molar-refractivity contribution in [1.82, 2.24) is 19.8 Å². The number of carbonyl (C=O) groups excluding carboxylic acids is 1. The molecule has 3 rings (SSSR count). The monoisotopic (exact) mass is 292 g/mol. The molecule has 1 aromatic heterocycles. The summed E-state index contributed by atoms with van der Waals surface area (Å²) in [5.74, 6) is 1.09. The number of hydrogen-bond acceptors (Lipinski definition) is 4. The summed E-state index contributed by atoms with van der Waals surface area (Å²) in [6.07, 6.45) is 5.92. The molecule has 0 aromatic carbocycles. The molecule has 2 aliphatic rings. The maximum Gasteiger partial charge on any atom is 0.230 e. The number of aromatic nitrogens is 2. The number of imidazole rings is 1. The predicted octanol–water partition coefficient (Wildman–Crippen LogP) is 0.536. The summed E-state index contributed by atoms with van der Waals surface area (Å²) >= 11 is 0. The molecule has 2 atom stereocenters. The van der Waals surface area contributed by atoms with Crippen molar-refractivity contribution in [3.63, 3.8) is 0 Å². The van der Waals surface area contributed by atoms with Crippen molar-refractivity contribution in [1.29, 1.82) is 0 Å². The van der Waals surface area contributed by atoms with Crippen LogP contribution in [0, 0.1) is 5.92 Å². The van der Waals surface area contributed by atoms with Crippen molar-refractivity contribution < 1.29 is 9.53 Å². The first-order chi connectivity index (χ1) is 10.2. The van der Waals surface area contributed by atoms with Gasteiger partial charge in [-0.3, -0.25) is 4.79 Å². The van der Waals surface area contributed by atoms with Gasteiger partial charge in [0.25, 0.3) is 0 Å². The lowest BCUT2D eigenvalue weighted by atomic mass is 10.0. The van der Waals surface area contributed by atoms with Crippen LogP contribution in [0.15, 0.2) is 12.4 Å². The standard InChI is InChI=1S/C15H24N4O2/c1-3-16-13-10-21-9-12(13)15(20)19(11-4-5-11)8-14-17-6-7-18(14)2/h6-7,11-13,16H,3-5,8-10H2,1-2H3. The number of nitrogens with zero attached hydrogens (tertiary/aromatic N) is 3. The number of amides is 1. The summed E-state index contributed by atoms with van der Waals surface area (Å²) in [5.41, 5.74) is 0. The van der Waals surface area contributed by atoms with E-state index < -0.39 is 0 Å². The van der Waals surface area contributed by atoms with Crippen LogP contribution < -0.4 is 5.32 Å². The second-order valence-corrected chi connectivity index (χ2v) is 5.96. The van der Waals surface area contributed by atoms with E-state index >= 15 is 0 Å². The molecule has 1 aliphatic carbocycles. The van der Waals surface area contributed by atoms with E-state index in [-0.39, 0.29) is 17.9 Å². The summed E-state index contributed by atoms with van der Waals surface area (Å²) < 4.78 is 7.50. The topological polar surface area (TPSA) is 59.4 Å². The van der Waals surface area contributed by atoms with Crippen molar-refractivity contribution in [2.75, 3.05) is 19.8 Å². The summed E-state index contributed by atoms with van der Waals surface area (Å²) in [4.78, 5) is 19.3. The minimum Gasteiger partial charge on any atom is -0.379 e. The van der Waals surface area contributed by atoms with E-state index in [0.717, 1.165) is 25.2 Å². The van der Waals surface area contributed by atoms with Crippen LogP contribution in [0.2, 0.25) is 0 Å². The Morgan fingerprint density at radius 2 is 2.33 bits per heavy atom. The molecule has 2 heterocycles. The maximum absolute atomic E-state index is 12.9. The van der Waals surface area contributed by atoms with Crippen LogP contribution in [0.3, 0.4) is 0 Å². The van der Waals surface area contributed by atoms with Crippen LogP contribution in [0.4, 0.5) is 0 Å². The van der Waals surface area contributed by atoms with E-state index in [1.165, 1.54) is 0 Å². The molecule has 116 valence electrons. The smallest absolute Gasteiger partial charge is 0.230 e. The molecular weight excluding hydrogens is 268 g/mol. The third kappa shape index (κ3) is 3.11. The molecule has 1 amide bonds. The third-order valence-electron chi connectivity index (χ3n) is 4.37. The van der Waals surface area contributed by atoms with Gasteiger partial charge in [-0.15, -0.1) is 0 Å². The van der Waals surface area contributed by atoms with Crippen molar-refractivity contribution in [3.8, 4) is 0 Å². The van der Waals surface area contributed by atoms with Gasteiger partial charge >= 0.3 is 0 Å². The van der Waals surface area contributed by atoms with Crippen molar-refractivity contribution in [3.05, 3.63) is 18.2 Å². The number of carbonyl (C=O) groups is 1. The highest BCUT2D eigenvalue weighted by Gasteiger charge is 2.41. The third-order valence-corrected chi connectivity index (χ3v) is 4.37. The Hall–Kier alpha value is -1.40. The first-order valence-corrected chi connectivity index (χ1v) is 7.78. The average molecular weight is 292 g/mol. The molecular formula is C15H24N4O2. The summed E-state index contributed by atoms with van der Waals surface area (Å²) in [6, 6.07) is 0.530. The molecule has 0 radical (unpaired) electrons. The normalized spacial score (nSPS) is 25.2. The van der Waals surface area contributed by atoms with Gasteiger partial charge in [0.15, 0.2) is 0 Å². The Morgan fingerprint density at radius 3 is 2.95 bits per heavy atom. The minimum absolute atomic E-state index is 0.0641. The molecule has 1 saturated carbocycles. The summed E-state index contributed by atoms with van der Waals surface area (Å²) in [6.45, 7) is 4.68. The number of ether oxygens (including phenoxy) is 1. The van der Waals surface area contributed by atoms with Gasteiger partial charge in [0, 0.05) is 31.5 Å². The van der Waals surface area contributed by atoms with Crippen molar-refractivity contribution >= 4 is 5.91 Å². The molecule has 0 spiro atoms. The number of rotatable bonds is 6. The second kappa shape index (κ2) is 6.15. The first-order valence-electron chi connectivity index (χ1n) is 7.78. The van der Waals surface area contributed by atoms with Crippen LogP contribution in [0.25, 0.3) is 0 Å². The molecule has 1 aromatic rings. The van der Waals surface area contributed by atoms with Gasteiger partial charge in [-0.05, 0) is 19.4 Å². The molecule has 1 aliphatic heterocycles. The zero-order valence-electron chi connectivity index (χ0n) is 12.8. The number of likely N-dealkylation sites (N-methyl/N-ethyl adjacent to an activating group) is 1. The highest BCUT2D eigenvalue weighted by atomic mass is 16.5. The van der Waals surface area contributed by atoms with Gasteiger partial charge in [0.2, 0.25) is 5.91 Å². The van der Waals surface area contributed by atoms with Crippen LogP contribution >= 0.6 is 0 Å². The van der Waals surface area contributed by atoms with E-state index in [4.69, 9.17) is 4.74 Å². The fraction of sp³-hybridized carbons (Fsp3) is 0.733. The SMILES string of the molecule is CCNC1COCC1C(=O)N(Cc1nccn1C)C1CC1. The van der Waals surface area contributed by atoms with E-state index in [9.17, 15) is 4.79 Å². The second-order valence-electron chi connectivity index (χ2n) is 5.96. The summed E-state index contributed by atoms with van der Waals surface area (Å²) in [7, 11) is 1.97. The van der Waals surface area contributed by atoms with Gasteiger partial charge in [0.1, 0.15) is 5.82 Å². The zero-order chi connectivity index (χ0) is 14.8.